The summed E-state index contributed by atoms with van der Waals surface area (Å²) in [5, 5.41) is 0.749. The van der Waals surface area contributed by atoms with Crippen molar-refractivity contribution in [3.05, 3.63) is 33.3 Å². The monoisotopic (exact) mass is 303 g/mol. The molecule has 0 aliphatic carbocycles. The Morgan fingerprint density at radius 1 is 1.44 bits per heavy atom. The second kappa shape index (κ2) is 6.63. The maximum Gasteiger partial charge on any atom is 0.0595 e. The highest BCUT2D eigenvalue weighted by atomic mass is 79.9. The van der Waals surface area contributed by atoms with E-state index in [1.165, 1.54) is 12.8 Å². The predicted molar refractivity (Wildman–Crippen MR) is 74.8 cm³/mol. The summed E-state index contributed by atoms with van der Waals surface area (Å²) >= 11 is 9.65. The predicted octanol–water partition coefficient (Wildman–Crippen LogP) is 4.93. The molecule has 0 fully saturated rings. The number of hydrogen-bond donors (Lipinski definition) is 1. The minimum Gasteiger partial charge on any atom is -0.324 e. The van der Waals surface area contributed by atoms with Gasteiger partial charge in [-0.15, -0.1) is 0 Å². The van der Waals surface area contributed by atoms with Gasteiger partial charge in [-0.05, 0) is 39.9 Å². The maximum absolute atomic E-state index is 6.22. The van der Waals surface area contributed by atoms with Crippen molar-refractivity contribution in [2.75, 3.05) is 0 Å². The first-order chi connectivity index (χ1) is 7.56. The Morgan fingerprint density at radius 2 is 2.12 bits per heavy atom. The van der Waals surface area contributed by atoms with E-state index in [1.54, 1.807) is 0 Å². The van der Waals surface area contributed by atoms with Crippen molar-refractivity contribution in [2.45, 2.75) is 39.2 Å². The topological polar surface area (TPSA) is 26.0 Å². The molecule has 0 spiro atoms. The summed E-state index contributed by atoms with van der Waals surface area (Å²) < 4.78 is 0.922. The second-order valence-electron chi connectivity index (χ2n) is 4.38. The minimum absolute atomic E-state index is 0.0338. The Hall–Kier alpha value is -0.0500. The van der Waals surface area contributed by atoms with E-state index in [4.69, 9.17) is 17.3 Å². The smallest absolute Gasteiger partial charge is 0.0595 e. The van der Waals surface area contributed by atoms with Crippen LogP contribution in [-0.2, 0) is 0 Å². The summed E-state index contributed by atoms with van der Waals surface area (Å²) in [6.45, 7) is 4.45. The molecule has 0 bridgehead atoms. The van der Waals surface area contributed by atoms with Crippen LogP contribution in [0.1, 0.15) is 44.7 Å². The molecular weight excluding hydrogens is 286 g/mol. The quantitative estimate of drug-likeness (QED) is 0.820. The molecule has 1 nitrogen and oxygen atoms in total. The van der Waals surface area contributed by atoms with Crippen LogP contribution >= 0.6 is 27.5 Å². The Morgan fingerprint density at radius 3 is 2.75 bits per heavy atom. The number of nitrogens with two attached hydrogens (primary N) is 1. The first kappa shape index (κ1) is 14.0. The zero-order valence-corrected chi connectivity index (χ0v) is 12.2. The van der Waals surface area contributed by atoms with E-state index < -0.39 is 0 Å². The zero-order chi connectivity index (χ0) is 12.1. The lowest BCUT2D eigenvalue weighted by molar-refractivity contribution is 0.440. The lowest BCUT2D eigenvalue weighted by atomic mass is 9.93. The van der Waals surface area contributed by atoms with Crippen LogP contribution in [0.4, 0.5) is 0 Å². The van der Waals surface area contributed by atoms with E-state index in [9.17, 15) is 0 Å². The summed E-state index contributed by atoms with van der Waals surface area (Å²) in [5.74, 6) is 0.648. The van der Waals surface area contributed by atoms with Crippen molar-refractivity contribution >= 4 is 27.5 Å². The van der Waals surface area contributed by atoms with E-state index in [0.717, 1.165) is 21.5 Å². The van der Waals surface area contributed by atoms with Gasteiger partial charge >= 0.3 is 0 Å². The van der Waals surface area contributed by atoms with Crippen molar-refractivity contribution in [1.29, 1.82) is 0 Å². The van der Waals surface area contributed by atoms with Gasteiger partial charge in [-0.1, -0.05) is 50.4 Å². The fraction of sp³-hybridized carbons (Fsp3) is 0.538. The summed E-state index contributed by atoms with van der Waals surface area (Å²) in [5.41, 5.74) is 7.23. The Balaban J connectivity index is 2.72. The molecule has 0 saturated carbocycles. The summed E-state index contributed by atoms with van der Waals surface area (Å²) in [6.07, 6.45) is 3.42. The van der Waals surface area contributed by atoms with E-state index in [-0.39, 0.29) is 6.04 Å². The molecule has 90 valence electrons. The van der Waals surface area contributed by atoms with Crippen LogP contribution in [0.2, 0.25) is 5.02 Å². The van der Waals surface area contributed by atoms with Gasteiger partial charge in [0.15, 0.2) is 0 Å². The van der Waals surface area contributed by atoms with Gasteiger partial charge in [-0.2, -0.15) is 0 Å². The largest absolute Gasteiger partial charge is 0.324 e. The first-order valence-electron chi connectivity index (χ1n) is 5.75. The van der Waals surface area contributed by atoms with Gasteiger partial charge in [0.1, 0.15) is 0 Å². The number of benzene rings is 1. The van der Waals surface area contributed by atoms with Crippen LogP contribution in [0.15, 0.2) is 22.7 Å². The molecular formula is C13H19BrClN. The fourth-order valence-electron chi connectivity index (χ4n) is 1.98. The Labute approximate surface area is 111 Å². The number of halogens is 2. The lowest BCUT2D eigenvalue weighted by Crippen LogP contribution is -2.14. The van der Waals surface area contributed by atoms with Crippen LogP contribution in [0.25, 0.3) is 0 Å². The van der Waals surface area contributed by atoms with Crippen molar-refractivity contribution < 1.29 is 0 Å². The minimum atomic E-state index is 0.0338. The molecule has 0 radical (unpaired) electrons. The highest BCUT2D eigenvalue weighted by Gasteiger charge is 2.14. The van der Waals surface area contributed by atoms with Gasteiger partial charge < -0.3 is 5.73 Å². The SMILES string of the molecule is CCCC(C)CC(N)c1cccc(Br)c1Cl. The molecule has 2 N–H and O–H groups in total. The van der Waals surface area contributed by atoms with E-state index in [2.05, 4.69) is 29.8 Å². The molecule has 0 aliphatic rings. The standard InChI is InChI=1S/C13H19BrClN/c1-3-5-9(2)8-12(16)10-6-4-7-11(14)13(10)15/h4,6-7,9,12H,3,5,8,16H2,1-2H3. The third-order valence-corrected chi connectivity index (χ3v) is 4.13. The third-order valence-electron chi connectivity index (χ3n) is 2.82. The molecule has 0 saturated heterocycles. The van der Waals surface area contributed by atoms with Gasteiger partial charge in [0, 0.05) is 10.5 Å². The van der Waals surface area contributed by atoms with Crippen LogP contribution in [0, 0.1) is 5.92 Å². The second-order valence-corrected chi connectivity index (χ2v) is 5.61. The van der Waals surface area contributed by atoms with E-state index >= 15 is 0 Å². The normalized spacial score (nSPS) is 14.8. The number of hydrogen-bond acceptors (Lipinski definition) is 1. The third kappa shape index (κ3) is 3.76. The molecule has 3 heteroatoms. The number of rotatable bonds is 5. The highest BCUT2D eigenvalue weighted by Crippen LogP contribution is 2.32. The highest BCUT2D eigenvalue weighted by molar-refractivity contribution is 9.10. The van der Waals surface area contributed by atoms with E-state index in [0.29, 0.717) is 5.92 Å². The van der Waals surface area contributed by atoms with Gasteiger partial charge in [0.2, 0.25) is 0 Å². The molecule has 2 atom stereocenters. The first-order valence-corrected chi connectivity index (χ1v) is 6.92. The van der Waals surface area contributed by atoms with Gasteiger partial charge in [0.05, 0.1) is 5.02 Å². The maximum atomic E-state index is 6.22. The van der Waals surface area contributed by atoms with Gasteiger partial charge in [-0.25, -0.2) is 0 Å². The summed E-state index contributed by atoms with van der Waals surface area (Å²) in [7, 11) is 0. The molecule has 0 amide bonds. The van der Waals surface area contributed by atoms with Crippen molar-refractivity contribution in [3.63, 3.8) is 0 Å². The summed E-state index contributed by atoms with van der Waals surface area (Å²) in [6, 6.07) is 5.96. The van der Waals surface area contributed by atoms with Crippen LogP contribution in [-0.4, -0.2) is 0 Å². The molecule has 2 unspecified atom stereocenters. The van der Waals surface area contributed by atoms with Crippen LogP contribution < -0.4 is 5.73 Å². The Bertz CT molecular complexity index is 341. The van der Waals surface area contributed by atoms with Crippen molar-refractivity contribution in [1.82, 2.24) is 0 Å². The fourth-order valence-corrected chi connectivity index (χ4v) is 2.63. The molecule has 1 aromatic carbocycles. The molecule has 0 aliphatic heterocycles. The zero-order valence-electron chi connectivity index (χ0n) is 9.84. The average Bonchev–Trinajstić information content (AvgIpc) is 2.22. The van der Waals surface area contributed by atoms with Gasteiger partial charge in [0.25, 0.3) is 0 Å². The van der Waals surface area contributed by atoms with Crippen molar-refractivity contribution in [2.24, 2.45) is 11.7 Å². The Kier molecular flexibility index (Phi) is 5.81. The van der Waals surface area contributed by atoms with Gasteiger partial charge in [-0.3, -0.25) is 0 Å². The molecule has 1 rings (SSSR count). The van der Waals surface area contributed by atoms with E-state index in [1.807, 2.05) is 18.2 Å². The average molecular weight is 305 g/mol. The molecule has 1 aromatic rings. The lowest BCUT2D eigenvalue weighted by Gasteiger charge is -2.18. The molecule has 0 heterocycles. The molecule has 16 heavy (non-hydrogen) atoms. The summed E-state index contributed by atoms with van der Waals surface area (Å²) in [4.78, 5) is 0. The van der Waals surface area contributed by atoms with Crippen molar-refractivity contribution in [3.8, 4) is 0 Å². The molecule has 0 aromatic heterocycles. The van der Waals surface area contributed by atoms with Crippen LogP contribution in [0.5, 0.6) is 0 Å². The van der Waals surface area contributed by atoms with Crippen LogP contribution in [0.3, 0.4) is 0 Å².